The van der Waals surface area contributed by atoms with Gasteiger partial charge in [0.15, 0.2) is 5.69 Å². The first-order chi connectivity index (χ1) is 11.9. The molecule has 3 rings (SSSR count). The van der Waals surface area contributed by atoms with Crippen molar-refractivity contribution >= 4 is 17.0 Å². The Hall–Kier alpha value is -3.22. The number of rotatable bonds is 4. The number of aromatic nitrogens is 3. The molecular weight excluding hydrogens is 322 g/mol. The van der Waals surface area contributed by atoms with E-state index in [9.17, 15) is 14.4 Å². The standard InChI is InChI=1S/C18H17N3O4/c1-10-3-5-12(6-4-10)7-8-25-17(23)13-9-11(2)14-15(19-13)20-18(24)21-16(14)22/h3-6,9H,7-8H2,1-2H3,(H2,19,20,21,22,24). The Balaban J connectivity index is 1.77. The van der Waals surface area contributed by atoms with Crippen LogP contribution in [0.15, 0.2) is 39.9 Å². The summed E-state index contributed by atoms with van der Waals surface area (Å²) in [4.78, 5) is 44.0. The van der Waals surface area contributed by atoms with Crippen LogP contribution >= 0.6 is 0 Å². The van der Waals surface area contributed by atoms with Crippen molar-refractivity contribution in [3.05, 3.63) is 73.6 Å². The molecule has 0 saturated carbocycles. The van der Waals surface area contributed by atoms with Crippen LogP contribution in [0.1, 0.15) is 27.2 Å². The van der Waals surface area contributed by atoms with Crippen molar-refractivity contribution in [3.63, 3.8) is 0 Å². The smallest absolute Gasteiger partial charge is 0.357 e. The van der Waals surface area contributed by atoms with Crippen LogP contribution < -0.4 is 11.2 Å². The van der Waals surface area contributed by atoms with Crippen LogP contribution in [-0.2, 0) is 11.2 Å². The molecule has 0 radical (unpaired) electrons. The largest absolute Gasteiger partial charge is 0.461 e. The number of carbonyl (C=O) groups is 1. The maximum atomic E-state index is 12.2. The number of aromatic amines is 2. The van der Waals surface area contributed by atoms with Gasteiger partial charge in [-0.25, -0.2) is 14.6 Å². The van der Waals surface area contributed by atoms with E-state index < -0.39 is 17.2 Å². The number of carbonyl (C=O) groups excluding carboxylic acids is 1. The molecule has 3 aromatic rings. The van der Waals surface area contributed by atoms with Crippen molar-refractivity contribution in [2.24, 2.45) is 0 Å². The van der Waals surface area contributed by atoms with E-state index in [0.29, 0.717) is 12.0 Å². The van der Waals surface area contributed by atoms with E-state index in [2.05, 4.69) is 15.0 Å². The molecule has 25 heavy (non-hydrogen) atoms. The molecule has 7 heteroatoms. The lowest BCUT2D eigenvalue weighted by Crippen LogP contribution is -2.24. The SMILES string of the molecule is Cc1ccc(CCOC(=O)c2cc(C)c3c(=O)[nH]c(=O)[nH]c3n2)cc1. The van der Waals surface area contributed by atoms with Crippen molar-refractivity contribution in [2.45, 2.75) is 20.3 Å². The van der Waals surface area contributed by atoms with Gasteiger partial charge in [0.05, 0.1) is 12.0 Å². The molecule has 2 N–H and O–H groups in total. The molecule has 7 nitrogen and oxygen atoms in total. The van der Waals surface area contributed by atoms with E-state index in [1.807, 2.05) is 31.2 Å². The van der Waals surface area contributed by atoms with Gasteiger partial charge in [0.2, 0.25) is 0 Å². The highest BCUT2D eigenvalue weighted by Crippen LogP contribution is 2.12. The number of nitrogens with one attached hydrogen (secondary N) is 2. The summed E-state index contributed by atoms with van der Waals surface area (Å²) in [6, 6.07) is 9.44. The Bertz CT molecular complexity index is 1050. The van der Waals surface area contributed by atoms with Crippen LogP contribution in [0, 0.1) is 13.8 Å². The summed E-state index contributed by atoms with van der Waals surface area (Å²) in [7, 11) is 0. The Morgan fingerprint density at radius 3 is 2.56 bits per heavy atom. The summed E-state index contributed by atoms with van der Waals surface area (Å²) < 4.78 is 5.25. The summed E-state index contributed by atoms with van der Waals surface area (Å²) in [6.07, 6.45) is 0.592. The van der Waals surface area contributed by atoms with Gasteiger partial charge in [-0.15, -0.1) is 0 Å². The number of aryl methyl sites for hydroxylation is 2. The van der Waals surface area contributed by atoms with Crippen molar-refractivity contribution in [3.8, 4) is 0 Å². The number of benzene rings is 1. The molecule has 0 amide bonds. The minimum Gasteiger partial charge on any atom is -0.461 e. The zero-order chi connectivity index (χ0) is 18.0. The molecule has 0 bridgehead atoms. The van der Waals surface area contributed by atoms with E-state index >= 15 is 0 Å². The molecular formula is C18H17N3O4. The molecule has 0 spiro atoms. The van der Waals surface area contributed by atoms with Gasteiger partial charge in [0.25, 0.3) is 5.56 Å². The molecule has 128 valence electrons. The lowest BCUT2D eigenvalue weighted by atomic mass is 10.1. The Morgan fingerprint density at radius 2 is 1.84 bits per heavy atom. The molecule has 0 fully saturated rings. The van der Waals surface area contributed by atoms with Gasteiger partial charge >= 0.3 is 11.7 Å². The Morgan fingerprint density at radius 1 is 1.12 bits per heavy atom. The van der Waals surface area contributed by atoms with Crippen molar-refractivity contribution in [2.75, 3.05) is 6.61 Å². The molecule has 0 aliphatic heterocycles. The third-order valence-electron chi connectivity index (χ3n) is 3.86. The van der Waals surface area contributed by atoms with Gasteiger partial charge in [-0.2, -0.15) is 0 Å². The van der Waals surface area contributed by atoms with E-state index in [4.69, 9.17) is 4.74 Å². The number of pyridine rings is 1. The number of fused-ring (bicyclic) bond motifs is 1. The van der Waals surface area contributed by atoms with Crippen LogP contribution in [0.3, 0.4) is 0 Å². The van der Waals surface area contributed by atoms with E-state index in [-0.39, 0.29) is 23.3 Å². The van der Waals surface area contributed by atoms with Gasteiger partial charge in [0, 0.05) is 6.42 Å². The molecule has 0 aliphatic rings. The second kappa shape index (κ2) is 6.72. The highest BCUT2D eigenvalue weighted by atomic mass is 16.5. The Kier molecular flexibility index (Phi) is 4.47. The summed E-state index contributed by atoms with van der Waals surface area (Å²) >= 11 is 0. The van der Waals surface area contributed by atoms with Crippen molar-refractivity contribution in [1.82, 2.24) is 15.0 Å². The van der Waals surface area contributed by atoms with Gasteiger partial charge in [-0.05, 0) is 31.0 Å². The zero-order valence-corrected chi connectivity index (χ0v) is 13.9. The lowest BCUT2D eigenvalue weighted by Gasteiger charge is -2.07. The fourth-order valence-corrected chi connectivity index (χ4v) is 2.55. The fourth-order valence-electron chi connectivity index (χ4n) is 2.55. The summed E-state index contributed by atoms with van der Waals surface area (Å²) in [5.41, 5.74) is 1.68. The van der Waals surface area contributed by atoms with Gasteiger partial charge in [-0.3, -0.25) is 14.8 Å². The van der Waals surface area contributed by atoms with Crippen molar-refractivity contribution < 1.29 is 9.53 Å². The average molecular weight is 339 g/mol. The first-order valence-corrected chi connectivity index (χ1v) is 7.80. The van der Waals surface area contributed by atoms with Crippen LogP contribution in [0.25, 0.3) is 11.0 Å². The number of ether oxygens (including phenoxy) is 1. The van der Waals surface area contributed by atoms with E-state index in [0.717, 1.165) is 5.56 Å². The lowest BCUT2D eigenvalue weighted by molar-refractivity contribution is 0.0502. The molecule has 2 heterocycles. The summed E-state index contributed by atoms with van der Waals surface area (Å²) in [5.74, 6) is -0.599. The summed E-state index contributed by atoms with van der Waals surface area (Å²) in [5, 5.41) is 0.246. The second-order valence-electron chi connectivity index (χ2n) is 5.83. The number of hydrogen-bond donors (Lipinski definition) is 2. The molecule has 0 saturated heterocycles. The monoisotopic (exact) mass is 339 g/mol. The normalized spacial score (nSPS) is 10.8. The quantitative estimate of drug-likeness (QED) is 0.703. The second-order valence-corrected chi connectivity index (χ2v) is 5.83. The third kappa shape index (κ3) is 3.65. The van der Waals surface area contributed by atoms with E-state index in [1.54, 1.807) is 6.92 Å². The number of nitrogens with zero attached hydrogens (tertiary/aromatic N) is 1. The van der Waals surface area contributed by atoms with E-state index in [1.165, 1.54) is 11.6 Å². The molecule has 0 aliphatic carbocycles. The number of hydrogen-bond acceptors (Lipinski definition) is 5. The van der Waals surface area contributed by atoms with Crippen molar-refractivity contribution in [1.29, 1.82) is 0 Å². The molecule has 0 atom stereocenters. The van der Waals surface area contributed by atoms with Gasteiger partial charge in [-0.1, -0.05) is 29.8 Å². The average Bonchev–Trinajstić information content (AvgIpc) is 2.55. The number of esters is 1. The molecule has 1 aromatic carbocycles. The predicted molar refractivity (Wildman–Crippen MR) is 92.9 cm³/mol. The maximum Gasteiger partial charge on any atom is 0.357 e. The summed E-state index contributed by atoms with van der Waals surface area (Å²) in [6.45, 7) is 3.89. The van der Waals surface area contributed by atoms with Crippen LogP contribution in [-0.4, -0.2) is 27.5 Å². The highest BCUT2D eigenvalue weighted by Gasteiger charge is 2.14. The van der Waals surface area contributed by atoms with Crippen LogP contribution in [0.5, 0.6) is 0 Å². The predicted octanol–water partition coefficient (Wildman–Crippen LogP) is 1.63. The van der Waals surface area contributed by atoms with Crippen LogP contribution in [0.4, 0.5) is 0 Å². The first-order valence-electron chi connectivity index (χ1n) is 7.80. The topological polar surface area (TPSA) is 105 Å². The first kappa shape index (κ1) is 16.6. The molecule has 2 aromatic heterocycles. The Labute approximate surface area is 142 Å². The number of H-pyrrole nitrogens is 2. The minimum absolute atomic E-state index is 0.0511. The minimum atomic E-state index is -0.672. The maximum absolute atomic E-state index is 12.2. The third-order valence-corrected chi connectivity index (χ3v) is 3.86. The molecule has 0 unspecified atom stereocenters. The highest BCUT2D eigenvalue weighted by molar-refractivity contribution is 5.91. The van der Waals surface area contributed by atoms with Gasteiger partial charge in [0.1, 0.15) is 5.65 Å². The van der Waals surface area contributed by atoms with Gasteiger partial charge < -0.3 is 4.74 Å². The van der Waals surface area contributed by atoms with Crippen LogP contribution in [0.2, 0.25) is 0 Å². The fraction of sp³-hybridized carbons (Fsp3) is 0.222. The zero-order valence-electron chi connectivity index (χ0n) is 13.9.